The predicted molar refractivity (Wildman–Crippen MR) is 121 cm³/mol. The molecular formula is C25H31N3O4. The van der Waals surface area contributed by atoms with E-state index in [-0.39, 0.29) is 35.0 Å². The lowest BCUT2D eigenvalue weighted by molar-refractivity contribution is -0.129. The van der Waals surface area contributed by atoms with E-state index in [0.29, 0.717) is 39.0 Å². The van der Waals surface area contributed by atoms with Crippen LogP contribution in [0.15, 0.2) is 41.3 Å². The van der Waals surface area contributed by atoms with Crippen molar-refractivity contribution in [1.29, 1.82) is 0 Å². The summed E-state index contributed by atoms with van der Waals surface area (Å²) in [6.07, 6.45) is 5.78. The summed E-state index contributed by atoms with van der Waals surface area (Å²) in [4.78, 5) is 40.2. The number of aryl methyl sites for hydroxylation is 2. The van der Waals surface area contributed by atoms with Crippen LogP contribution in [0.1, 0.15) is 53.2 Å². The summed E-state index contributed by atoms with van der Waals surface area (Å²) >= 11 is 0. The van der Waals surface area contributed by atoms with Crippen molar-refractivity contribution in [3.05, 3.63) is 69.1 Å². The Morgan fingerprint density at radius 1 is 1.19 bits per heavy atom. The number of benzene rings is 1. The molecular weight excluding hydrogens is 406 g/mol. The second-order valence-corrected chi connectivity index (χ2v) is 9.13. The van der Waals surface area contributed by atoms with E-state index in [0.717, 1.165) is 36.0 Å². The number of rotatable bonds is 7. The third kappa shape index (κ3) is 4.48. The Balaban J connectivity index is 1.63. The number of aliphatic hydroxyl groups is 1. The molecule has 0 bridgehead atoms. The van der Waals surface area contributed by atoms with Gasteiger partial charge in [0.15, 0.2) is 0 Å². The maximum absolute atomic E-state index is 13.4. The van der Waals surface area contributed by atoms with Crippen LogP contribution in [0.25, 0.3) is 0 Å². The average Bonchev–Trinajstić information content (AvgIpc) is 2.77. The van der Waals surface area contributed by atoms with E-state index < -0.39 is 0 Å². The highest BCUT2D eigenvalue weighted by molar-refractivity contribution is 5.95. The van der Waals surface area contributed by atoms with E-state index in [1.165, 1.54) is 6.92 Å². The summed E-state index contributed by atoms with van der Waals surface area (Å²) in [5.41, 5.74) is 2.34. The molecule has 1 saturated carbocycles. The molecule has 0 unspecified atom stereocenters. The van der Waals surface area contributed by atoms with Gasteiger partial charge in [0, 0.05) is 44.7 Å². The fraction of sp³-hybridized carbons (Fsp3) is 0.480. The van der Waals surface area contributed by atoms with Gasteiger partial charge in [0.2, 0.25) is 5.91 Å². The number of fused-ring (bicyclic) bond motifs is 1. The van der Waals surface area contributed by atoms with Gasteiger partial charge in [-0.15, -0.1) is 0 Å². The van der Waals surface area contributed by atoms with Crippen molar-refractivity contribution in [2.45, 2.75) is 52.1 Å². The minimum Gasteiger partial charge on any atom is -0.396 e. The molecule has 0 saturated heterocycles. The molecule has 0 spiro atoms. The topological polar surface area (TPSA) is 91.6 Å². The zero-order valence-corrected chi connectivity index (χ0v) is 18.6. The van der Waals surface area contributed by atoms with E-state index in [1.807, 2.05) is 36.5 Å². The molecule has 2 amide bonds. The SMILES string of the molecule is CC(=O)N1CCc2c(cn(CCc3ccccc3)c(=O)c2C(=O)NCC2(CO)CCC2)C1. The van der Waals surface area contributed by atoms with Crippen LogP contribution in [0.4, 0.5) is 0 Å². The Morgan fingerprint density at radius 3 is 2.56 bits per heavy atom. The molecule has 2 aliphatic rings. The standard InChI is InChI=1S/C25H31N3O4/c1-18(30)27-13-9-21-20(14-27)15-28(12-8-19-6-3-2-4-7-19)24(32)22(21)23(31)26-16-25(17-29)10-5-11-25/h2-4,6-7,15,29H,5,8-14,16-17H2,1H3,(H,26,31). The molecule has 170 valence electrons. The van der Waals surface area contributed by atoms with E-state index in [9.17, 15) is 19.5 Å². The highest BCUT2D eigenvalue weighted by atomic mass is 16.3. The molecule has 2 aromatic rings. The molecule has 2 N–H and O–H groups in total. The van der Waals surface area contributed by atoms with Crippen LogP contribution in [0, 0.1) is 5.41 Å². The second-order valence-electron chi connectivity index (χ2n) is 9.13. The van der Waals surface area contributed by atoms with Crippen molar-refractivity contribution < 1.29 is 14.7 Å². The molecule has 32 heavy (non-hydrogen) atoms. The van der Waals surface area contributed by atoms with Crippen molar-refractivity contribution in [2.24, 2.45) is 5.41 Å². The normalized spacial score (nSPS) is 16.8. The van der Waals surface area contributed by atoms with Gasteiger partial charge in [0.05, 0.1) is 6.61 Å². The third-order valence-electron chi connectivity index (χ3n) is 7.00. The van der Waals surface area contributed by atoms with Crippen LogP contribution in [-0.4, -0.2) is 46.1 Å². The summed E-state index contributed by atoms with van der Waals surface area (Å²) in [5, 5.41) is 12.6. The first kappa shape index (κ1) is 22.3. The number of aromatic nitrogens is 1. The van der Waals surface area contributed by atoms with Crippen molar-refractivity contribution in [3.63, 3.8) is 0 Å². The first-order valence-corrected chi connectivity index (χ1v) is 11.4. The van der Waals surface area contributed by atoms with Gasteiger partial charge in [0.1, 0.15) is 5.56 Å². The highest BCUT2D eigenvalue weighted by Crippen LogP contribution is 2.39. The summed E-state index contributed by atoms with van der Waals surface area (Å²) in [6, 6.07) is 9.91. The fourth-order valence-electron chi connectivity index (χ4n) is 4.70. The van der Waals surface area contributed by atoms with Gasteiger partial charge in [-0.3, -0.25) is 14.4 Å². The van der Waals surface area contributed by atoms with Gasteiger partial charge >= 0.3 is 0 Å². The van der Waals surface area contributed by atoms with Crippen molar-refractivity contribution in [2.75, 3.05) is 19.7 Å². The van der Waals surface area contributed by atoms with Gasteiger partial charge in [-0.05, 0) is 42.4 Å². The van der Waals surface area contributed by atoms with Crippen LogP contribution in [-0.2, 0) is 30.7 Å². The van der Waals surface area contributed by atoms with Crippen LogP contribution in [0.2, 0.25) is 0 Å². The quantitative estimate of drug-likeness (QED) is 0.692. The van der Waals surface area contributed by atoms with Gasteiger partial charge < -0.3 is 19.9 Å². The van der Waals surface area contributed by atoms with Crippen LogP contribution in [0.3, 0.4) is 0 Å². The van der Waals surface area contributed by atoms with Gasteiger partial charge in [-0.25, -0.2) is 0 Å². The second kappa shape index (κ2) is 9.28. The Labute approximate surface area is 188 Å². The zero-order chi connectivity index (χ0) is 22.7. The maximum atomic E-state index is 13.4. The number of aliphatic hydroxyl groups excluding tert-OH is 1. The summed E-state index contributed by atoms with van der Waals surface area (Å²) in [5.74, 6) is -0.394. The van der Waals surface area contributed by atoms with Gasteiger partial charge in [-0.1, -0.05) is 36.8 Å². The molecule has 1 fully saturated rings. The summed E-state index contributed by atoms with van der Waals surface area (Å²) in [6.45, 7) is 3.30. The molecule has 2 heterocycles. The van der Waals surface area contributed by atoms with Crippen LogP contribution in [0.5, 0.6) is 0 Å². The molecule has 0 atom stereocenters. The first-order valence-electron chi connectivity index (χ1n) is 11.4. The largest absolute Gasteiger partial charge is 0.396 e. The van der Waals surface area contributed by atoms with E-state index >= 15 is 0 Å². The molecule has 7 heteroatoms. The number of carbonyl (C=O) groups is 2. The van der Waals surface area contributed by atoms with Crippen LogP contribution < -0.4 is 10.9 Å². The Morgan fingerprint density at radius 2 is 1.94 bits per heavy atom. The third-order valence-corrected chi connectivity index (χ3v) is 7.00. The van der Waals surface area contributed by atoms with Crippen molar-refractivity contribution in [3.8, 4) is 0 Å². The number of nitrogens with zero attached hydrogens (tertiary/aromatic N) is 2. The number of hydrogen-bond acceptors (Lipinski definition) is 4. The Bertz CT molecular complexity index is 1050. The highest BCUT2D eigenvalue weighted by Gasteiger charge is 2.37. The van der Waals surface area contributed by atoms with Gasteiger partial charge in [0.25, 0.3) is 11.5 Å². The lowest BCUT2D eigenvalue weighted by Gasteiger charge is -2.40. The molecule has 7 nitrogen and oxygen atoms in total. The molecule has 1 aromatic carbocycles. The summed E-state index contributed by atoms with van der Waals surface area (Å²) < 4.78 is 1.61. The van der Waals surface area contributed by atoms with Gasteiger partial charge in [-0.2, -0.15) is 0 Å². The molecule has 1 aliphatic carbocycles. The van der Waals surface area contributed by atoms with E-state index in [4.69, 9.17) is 0 Å². The zero-order valence-electron chi connectivity index (χ0n) is 18.6. The lowest BCUT2D eigenvalue weighted by Crippen LogP contribution is -2.46. The number of amides is 2. The lowest BCUT2D eigenvalue weighted by atomic mass is 9.69. The fourth-order valence-corrected chi connectivity index (χ4v) is 4.70. The minimum absolute atomic E-state index is 0.0152. The van der Waals surface area contributed by atoms with Crippen molar-refractivity contribution >= 4 is 11.8 Å². The molecule has 4 rings (SSSR count). The van der Waals surface area contributed by atoms with E-state index in [2.05, 4.69) is 5.32 Å². The minimum atomic E-state index is -0.378. The predicted octanol–water partition coefficient (Wildman–Crippen LogP) is 1.89. The monoisotopic (exact) mass is 437 g/mol. The Kier molecular flexibility index (Phi) is 6.46. The number of carbonyl (C=O) groups excluding carboxylic acids is 2. The van der Waals surface area contributed by atoms with Crippen molar-refractivity contribution in [1.82, 2.24) is 14.8 Å². The smallest absolute Gasteiger partial charge is 0.263 e. The van der Waals surface area contributed by atoms with Crippen LogP contribution >= 0.6 is 0 Å². The number of nitrogens with one attached hydrogen (secondary N) is 1. The summed E-state index contributed by atoms with van der Waals surface area (Å²) in [7, 11) is 0. The number of hydrogen-bond donors (Lipinski definition) is 2. The molecule has 1 aliphatic heterocycles. The molecule has 0 radical (unpaired) electrons. The first-order chi connectivity index (χ1) is 15.4. The molecule has 1 aromatic heterocycles. The number of pyridine rings is 1. The van der Waals surface area contributed by atoms with E-state index in [1.54, 1.807) is 9.47 Å². The maximum Gasteiger partial charge on any atom is 0.263 e. The average molecular weight is 438 g/mol. The Hall–Kier alpha value is -2.93.